The molecule has 1 aromatic heterocycles. The van der Waals surface area contributed by atoms with Crippen molar-refractivity contribution in [3.05, 3.63) is 23.5 Å². The van der Waals surface area contributed by atoms with Gasteiger partial charge in [-0.25, -0.2) is 4.79 Å². The van der Waals surface area contributed by atoms with E-state index >= 15 is 0 Å². The van der Waals surface area contributed by atoms with E-state index in [-0.39, 0.29) is 6.04 Å². The van der Waals surface area contributed by atoms with Crippen LogP contribution in [0.15, 0.2) is 18.5 Å². The van der Waals surface area contributed by atoms with Crippen LogP contribution in [0.1, 0.15) is 12.8 Å². The Morgan fingerprint density at radius 2 is 2.44 bits per heavy atom. The fourth-order valence-electron chi connectivity index (χ4n) is 2.25. The van der Waals surface area contributed by atoms with Gasteiger partial charge in [-0.05, 0) is 18.9 Å². The van der Waals surface area contributed by atoms with Crippen molar-refractivity contribution >= 4 is 23.4 Å². The van der Waals surface area contributed by atoms with Crippen molar-refractivity contribution in [2.24, 2.45) is 0 Å². The second kappa shape index (κ2) is 5.44. The monoisotopic (exact) mass is 269 g/mol. The van der Waals surface area contributed by atoms with E-state index in [1.54, 1.807) is 25.5 Å². The maximum atomic E-state index is 11.0. The van der Waals surface area contributed by atoms with E-state index in [0.29, 0.717) is 11.6 Å². The first-order chi connectivity index (χ1) is 8.59. The molecule has 1 aliphatic rings. The predicted molar refractivity (Wildman–Crippen MR) is 70.3 cm³/mol. The first-order valence-electron chi connectivity index (χ1n) is 5.90. The van der Waals surface area contributed by atoms with E-state index in [2.05, 4.69) is 9.88 Å². The molecule has 0 spiro atoms. The Bertz CT molecular complexity index is 441. The molecule has 1 fully saturated rings. The van der Waals surface area contributed by atoms with Crippen LogP contribution in [0.4, 0.5) is 10.5 Å². The maximum Gasteiger partial charge on any atom is 0.407 e. The highest BCUT2D eigenvalue weighted by Gasteiger charge is 2.26. The first kappa shape index (κ1) is 13.0. The highest BCUT2D eigenvalue weighted by Crippen LogP contribution is 2.27. The van der Waals surface area contributed by atoms with Crippen molar-refractivity contribution in [2.75, 3.05) is 25.0 Å². The van der Waals surface area contributed by atoms with Gasteiger partial charge in [0, 0.05) is 26.3 Å². The molecule has 1 N–H and O–H groups in total. The van der Waals surface area contributed by atoms with Crippen LogP contribution < -0.4 is 4.90 Å². The average molecular weight is 270 g/mol. The molecule has 5 nitrogen and oxygen atoms in total. The predicted octanol–water partition coefficient (Wildman–Crippen LogP) is 2.31. The van der Waals surface area contributed by atoms with Crippen LogP contribution in [-0.4, -0.2) is 47.3 Å². The molecule has 2 rings (SSSR count). The number of aromatic nitrogens is 1. The van der Waals surface area contributed by atoms with E-state index in [1.165, 1.54) is 4.90 Å². The van der Waals surface area contributed by atoms with E-state index in [9.17, 15) is 4.79 Å². The lowest BCUT2D eigenvalue weighted by Crippen LogP contribution is -2.48. The Labute approximate surface area is 111 Å². The lowest BCUT2D eigenvalue weighted by Gasteiger charge is -2.37. The number of pyridine rings is 1. The van der Waals surface area contributed by atoms with E-state index in [0.717, 1.165) is 25.1 Å². The standard InChI is InChI=1S/C12H16ClN3O2/c1-15(12(17)18)9-3-2-6-16(8-9)11-7-14-5-4-10(11)13/h4-5,7,9H,2-3,6,8H2,1H3,(H,17,18)/t9-/m0/s1. The summed E-state index contributed by atoms with van der Waals surface area (Å²) in [6.45, 7) is 1.55. The molecule has 0 saturated carbocycles. The van der Waals surface area contributed by atoms with Crippen LogP contribution in [0.25, 0.3) is 0 Å². The number of nitrogens with zero attached hydrogens (tertiary/aromatic N) is 3. The average Bonchev–Trinajstić information content (AvgIpc) is 2.38. The molecule has 0 aliphatic carbocycles. The van der Waals surface area contributed by atoms with Gasteiger partial charge in [0.15, 0.2) is 0 Å². The highest BCUT2D eigenvalue weighted by atomic mass is 35.5. The lowest BCUT2D eigenvalue weighted by atomic mass is 10.0. The van der Waals surface area contributed by atoms with Crippen LogP contribution >= 0.6 is 11.6 Å². The zero-order valence-electron chi connectivity index (χ0n) is 10.2. The van der Waals surface area contributed by atoms with Crippen molar-refractivity contribution in [3.8, 4) is 0 Å². The summed E-state index contributed by atoms with van der Waals surface area (Å²) in [6.07, 6.45) is 4.33. The Hall–Kier alpha value is -1.49. The maximum absolute atomic E-state index is 11.0. The molecule has 1 aromatic rings. The summed E-state index contributed by atoms with van der Waals surface area (Å²) >= 11 is 6.14. The number of carbonyl (C=O) groups is 1. The van der Waals surface area contributed by atoms with Crippen molar-refractivity contribution in [1.82, 2.24) is 9.88 Å². The van der Waals surface area contributed by atoms with Crippen molar-refractivity contribution in [2.45, 2.75) is 18.9 Å². The second-order valence-electron chi connectivity index (χ2n) is 4.46. The Morgan fingerprint density at radius 1 is 1.67 bits per heavy atom. The summed E-state index contributed by atoms with van der Waals surface area (Å²) in [5.74, 6) is 0. The van der Waals surface area contributed by atoms with E-state index in [4.69, 9.17) is 16.7 Å². The molecule has 0 radical (unpaired) electrons. The van der Waals surface area contributed by atoms with Crippen molar-refractivity contribution in [1.29, 1.82) is 0 Å². The fraction of sp³-hybridized carbons (Fsp3) is 0.500. The van der Waals surface area contributed by atoms with Gasteiger partial charge >= 0.3 is 6.09 Å². The number of piperidine rings is 1. The molecule has 1 atom stereocenters. The molecule has 98 valence electrons. The number of carboxylic acid groups (broad SMARTS) is 1. The van der Waals surface area contributed by atoms with Gasteiger partial charge in [0.05, 0.1) is 22.9 Å². The normalized spacial score (nSPS) is 19.7. The van der Waals surface area contributed by atoms with Crippen LogP contribution in [0, 0.1) is 0 Å². The molecule has 0 bridgehead atoms. The molecular weight excluding hydrogens is 254 g/mol. The summed E-state index contributed by atoms with van der Waals surface area (Å²) in [4.78, 5) is 18.5. The minimum atomic E-state index is -0.890. The molecule has 1 aliphatic heterocycles. The number of anilines is 1. The summed E-state index contributed by atoms with van der Waals surface area (Å²) in [5, 5.41) is 9.67. The summed E-state index contributed by atoms with van der Waals surface area (Å²) in [5.41, 5.74) is 0.877. The quantitative estimate of drug-likeness (QED) is 0.895. The molecule has 6 heteroatoms. The third-order valence-corrected chi connectivity index (χ3v) is 3.65. The third-order valence-electron chi connectivity index (χ3n) is 3.34. The van der Waals surface area contributed by atoms with Gasteiger partial charge in [0.1, 0.15) is 0 Å². The Kier molecular flexibility index (Phi) is 3.91. The first-order valence-corrected chi connectivity index (χ1v) is 6.27. The Morgan fingerprint density at radius 3 is 3.11 bits per heavy atom. The SMILES string of the molecule is CN(C(=O)O)[C@H]1CCCN(c2cnccc2Cl)C1. The number of halogens is 1. The zero-order chi connectivity index (χ0) is 13.1. The van der Waals surface area contributed by atoms with Crippen LogP contribution in [0.2, 0.25) is 5.02 Å². The molecular formula is C12H16ClN3O2. The number of amides is 1. The lowest BCUT2D eigenvalue weighted by molar-refractivity contribution is 0.133. The minimum Gasteiger partial charge on any atom is -0.465 e. The number of hydrogen-bond acceptors (Lipinski definition) is 3. The molecule has 0 unspecified atom stereocenters. The number of rotatable bonds is 2. The summed E-state index contributed by atoms with van der Waals surface area (Å²) < 4.78 is 0. The Balaban J connectivity index is 2.12. The molecule has 0 aromatic carbocycles. The molecule has 18 heavy (non-hydrogen) atoms. The zero-order valence-corrected chi connectivity index (χ0v) is 11.0. The second-order valence-corrected chi connectivity index (χ2v) is 4.87. The van der Waals surface area contributed by atoms with Crippen LogP contribution in [-0.2, 0) is 0 Å². The van der Waals surface area contributed by atoms with Crippen molar-refractivity contribution < 1.29 is 9.90 Å². The van der Waals surface area contributed by atoms with Crippen LogP contribution in [0.3, 0.4) is 0 Å². The summed E-state index contributed by atoms with van der Waals surface area (Å²) in [6, 6.07) is 1.76. The van der Waals surface area contributed by atoms with Gasteiger partial charge in [0.2, 0.25) is 0 Å². The summed E-state index contributed by atoms with van der Waals surface area (Å²) in [7, 11) is 1.61. The van der Waals surface area contributed by atoms with Gasteiger partial charge in [-0.1, -0.05) is 11.6 Å². The van der Waals surface area contributed by atoms with Gasteiger partial charge in [-0.2, -0.15) is 0 Å². The van der Waals surface area contributed by atoms with Crippen LogP contribution in [0.5, 0.6) is 0 Å². The van der Waals surface area contributed by atoms with Gasteiger partial charge in [0.25, 0.3) is 0 Å². The topological polar surface area (TPSA) is 56.7 Å². The highest BCUT2D eigenvalue weighted by molar-refractivity contribution is 6.33. The van der Waals surface area contributed by atoms with Crippen molar-refractivity contribution in [3.63, 3.8) is 0 Å². The third kappa shape index (κ3) is 2.67. The largest absolute Gasteiger partial charge is 0.465 e. The van der Waals surface area contributed by atoms with Gasteiger partial charge in [-0.3, -0.25) is 4.98 Å². The van der Waals surface area contributed by atoms with E-state index in [1.807, 2.05) is 0 Å². The van der Waals surface area contributed by atoms with Gasteiger partial charge < -0.3 is 14.9 Å². The molecule has 1 saturated heterocycles. The van der Waals surface area contributed by atoms with E-state index < -0.39 is 6.09 Å². The number of hydrogen-bond donors (Lipinski definition) is 1. The minimum absolute atomic E-state index is 0.00697. The van der Waals surface area contributed by atoms with Gasteiger partial charge in [-0.15, -0.1) is 0 Å². The molecule has 1 amide bonds. The molecule has 2 heterocycles. The number of likely N-dealkylation sites (N-methyl/N-ethyl adjacent to an activating group) is 1. The fourth-order valence-corrected chi connectivity index (χ4v) is 2.47. The smallest absolute Gasteiger partial charge is 0.407 e.